The van der Waals surface area contributed by atoms with Crippen molar-refractivity contribution in [3.63, 3.8) is 0 Å². The Morgan fingerprint density at radius 2 is 2.00 bits per heavy atom. The van der Waals surface area contributed by atoms with E-state index in [4.69, 9.17) is 4.74 Å². The summed E-state index contributed by atoms with van der Waals surface area (Å²) in [5.41, 5.74) is 2.13. The molecular weight excluding hydrogens is 212 g/mol. The molecule has 0 aliphatic carbocycles. The van der Waals surface area contributed by atoms with E-state index in [1.165, 1.54) is 0 Å². The van der Waals surface area contributed by atoms with E-state index in [2.05, 4.69) is 16.5 Å². The largest absolute Gasteiger partial charge is 0.487 e. The Morgan fingerprint density at radius 1 is 1.24 bits per heavy atom. The number of para-hydroxylation sites is 1. The maximum atomic E-state index is 5.76. The van der Waals surface area contributed by atoms with Crippen LogP contribution in [0.25, 0.3) is 0 Å². The Morgan fingerprint density at radius 3 is 2.65 bits per heavy atom. The van der Waals surface area contributed by atoms with Gasteiger partial charge in [0.25, 0.3) is 0 Å². The third kappa shape index (κ3) is 2.67. The maximum absolute atomic E-state index is 5.76. The van der Waals surface area contributed by atoms with Crippen LogP contribution >= 0.6 is 0 Å². The fraction of sp³-hybridized carbons (Fsp3) is 0.357. The highest BCUT2D eigenvalue weighted by Crippen LogP contribution is 2.17. The van der Waals surface area contributed by atoms with E-state index < -0.39 is 0 Å². The van der Waals surface area contributed by atoms with Crippen molar-refractivity contribution in [2.75, 3.05) is 0 Å². The lowest BCUT2D eigenvalue weighted by Gasteiger charge is -2.06. The standard InChI is InChI=1S/C14H18N2O/c1-4-16-9-13(15-12(16)3)10-17-14-8-6-5-7-11(14)2/h5-9H,4,10H2,1-3H3. The normalized spacial score (nSPS) is 10.5. The molecule has 0 unspecified atom stereocenters. The van der Waals surface area contributed by atoms with Crippen molar-refractivity contribution in [2.24, 2.45) is 0 Å². The molecule has 0 bridgehead atoms. The highest BCUT2D eigenvalue weighted by atomic mass is 16.5. The molecule has 0 N–H and O–H groups in total. The van der Waals surface area contributed by atoms with Crippen molar-refractivity contribution >= 4 is 0 Å². The van der Waals surface area contributed by atoms with Crippen LogP contribution in [0.15, 0.2) is 30.5 Å². The summed E-state index contributed by atoms with van der Waals surface area (Å²) in [6, 6.07) is 8.03. The summed E-state index contributed by atoms with van der Waals surface area (Å²) >= 11 is 0. The van der Waals surface area contributed by atoms with Gasteiger partial charge in [-0.25, -0.2) is 4.98 Å². The molecule has 2 rings (SSSR count). The van der Waals surface area contributed by atoms with Crippen LogP contribution in [0, 0.1) is 13.8 Å². The molecule has 0 aliphatic rings. The van der Waals surface area contributed by atoms with Crippen molar-refractivity contribution in [2.45, 2.75) is 33.9 Å². The molecule has 0 aliphatic heterocycles. The molecule has 3 heteroatoms. The van der Waals surface area contributed by atoms with E-state index in [1.807, 2.05) is 44.3 Å². The van der Waals surface area contributed by atoms with Gasteiger partial charge < -0.3 is 9.30 Å². The van der Waals surface area contributed by atoms with Gasteiger partial charge in [-0.05, 0) is 32.4 Å². The first-order valence-corrected chi connectivity index (χ1v) is 5.91. The number of ether oxygens (including phenoxy) is 1. The zero-order chi connectivity index (χ0) is 12.3. The van der Waals surface area contributed by atoms with Crippen molar-refractivity contribution in [1.29, 1.82) is 0 Å². The number of aromatic nitrogens is 2. The molecule has 2 aromatic rings. The van der Waals surface area contributed by atoms with E-state index in [-0.39, 0.29) is 0 Å². The third-order valence-corrected chi connectivity index (χ3v) is 2.84. The monoisotopic (exact) mass is 230 g/mol. The lowest BCUT2D eigenvalue weighted by molar-refractivity contribution is 0.299. The predicted octanol–water partition coefficient (Wildman–Crippen LogP) is 3.10. The van der Waals surface area contributed by atoms with E-state index in [0.29, 0.717) is 6.61 Å². The maximum Gasteiger partial charge on any atom is 0.132 e. The number of hydrogen-bond acceptors (Lipinski definition) is 2. The Hall–Kier alpha value is -1.77. The molecule has 0 saturated heterocycles. The van der Waals surface area contributed by atoms with Crippen molar-refractivity contribution < 1.29 is 4.74 Å². The number of imidazole rings is 1. The lowest BCUT2D eigenvalue weighted by atomic mass is 10.2. The summed E-state index contributed by atoms with van der Waals surface area (Å²) in [4.78, 5) is 4.46. The van der Waals surface area contributed by atoms with Gasteiger partial charge in [-0.2, -0.15) is 0 Å². The molecule has 1 aromatic carbocycles. The van der Waals surface area contributed by atoms with E-state index in [1.54, 1.807) is 0 Å². The van der Waals surface area contributed by atoms with Crippen LogP contribution in [0.5, 0.6) is 5.75 Å². The molecule has 0 saturated carbocycles. The number of benzene rings is 1. The van der Waals surface area contributed by atoms with Crippen molar-refractivity contribution in [3.8, 4) is 5.75 Å². The molecule has 0 spiro atoms. The van der Waals surface area contributed by atoms with Crippen molar-refractivity contribution in [1.82, 2.24) is 9.55 Å². The number of hydrogen-bond donors (Lipinski definition) is 0. The highest BCUT2D eigenvalue weighted by molar-refractivity contribution is 5.31. The quantitative estimate of drug-likeness (QED) is 0.807. The predicted molar refractivity (Wildman–Crippen MR) is 68.1 cm³/mol. The number of rotatable bonds is 4. The summed E-state index contributed by atoms with van der Waals surface area (Å²) in [5.74, 6) is 1.96. The average Bonchev–Trinajstić information content (AvgIpc) is 2.69. The van der Waals surface area contributed by atoms with Gasteiger partial charge in [0.05, 0.1) is 5.69 Å². The smallest absolute Gasteiger partial charge is 0.132 e. The Kier molecular flexibility index (Phi) is 3.47. The van der Waals surface area contributed by atoms with Crippen LogP contribution in [0.4, 0.5) is 0 Å². The van der Waals surface area contributed by atoms with Crippen LogP contribution in [0.1, 0.15) is 24.0 Å². The molecular formula is C14H18N2O. The number of aryl methyl sites for hydroxylation is 3. The molecule has 1 aromatic heterocycles. The van der Waals surface area contributed by atoms with Crippen molar-refractivity contribution in [3.05, 3.63) is 47.5 Å². The molecule has 0 amide bonds. The van der Waals surface area contributed by atoms with E-state index in [9.17, 15) is 0 Å². The van der Waals surface area contributed by atoms with Gasteiger partial charge in [0.1, 0.15) is 18.2 Å². The highest BCUT2D eigenvalue weighted by Gasteiger charge is 2.04. The minimum Gasteiger partial charge on any atom is -0.487 e. The van der Waals surface area contributed by atoms with Gasteiger partial charge in [-0.3, -0.25) is 0 Å². The Labute approximate surface area is 102 Å². The van der Waals surface area contributed by atoms with Crippen LogP contribution in [0.2, 0.25) is 0 Å². The second kappa shape index (κ2) is 5.04. The summed E-state index contributed by atoms with van der Waals surface area (Å²) in [6.45, 7) is 7.65. The summed E-state index contributed by atoms with van der Waals surface area (Å²) in [6.07, 6.45) is 2.05. The van der Waals surface area contributed by atoms with E-state index >= 15 is 0 Å². The first kappa shape index (κ1) is 11.7. The Bertz CT molecular complexity index is 503. The molecule has 90 valence electrons. The SMILES string of the molecule is CCn1cc(COc2ccccc2C)nc1C. The molecule has 1 heterocycles. The zero-order valence-corrected chi connectivity index (χ0v) is 10.6. The molecule has 0 radical (unpaired) electrons. The minimum absolute atomic E-state index is 0.526. The number of nitrogens with zero attached hydrogens (tertiary/aromatic N) is 2. The fourth-order valence-electron chi connectivity index (χ4n) is 1.83. The summed E-state index contributed by atoms with van der Waals surface area (Å²) in [7, 11) is 0. The van der Waals surface area contributed by atoms with Crippen LogP contribution in [0.3, 0.4) is 0 Å². The van der Waals surface area contributed by atoms with Crippen LogP contribution < -0.4 is 4.74 Å². The van der Waals surface area contributed by atoms with Crippen LogP contribution in [-0.2, 0) is 13.2 Å². The van der Waals surface area contributed by atoms with Gasteiger partial charge in [-0.15, -0.1) is 0 Å². The summed E-state index contributed by atoms with van der Waals surface area (Å²) < 4.78 is 7.88. The van der Waals surface area contributed by atoms with Gasteiger partial charge in [0.2, 0.25) is 0 Å². The van der Waals surface area contributed by atoms with E-state index in [0.717, 1.165) is 29.4 Å². The van der Waals surface area contributed by atoms with Gasteiger partial charge in [-0.1, -0.05) is 18.2 Å². The molecule has 0 fully saturated rings. The fourth-order valence-corrected chi connectivity index (χ4v) is 1.83. The Balaban J connectivity index is 2.05. The lowest BCUT2D eigenvalue weighted by Crippen LogP contribution is -1.97. The summed E-state index contributed by atoms with van der Waals surface area (Å²) in [5, 5.41) is 0. The zero-order valence-electron chi connectivity index (χ0n) is 10.6. The topological polar surface area (TPSA) is 27.1 Å². The third-order valence-electron chi connectivity index (χ3n) is 2.84. The molecule has 17 heavy (non-hydrogen) atoms. The van der Waals surface area contributed by atoms with Crippen LogP contribution in [-0.4, -0.2) is 9.55 Å². The molecule has 0 atom stereocenters. The van der Waals surface area contributed by atoms with Gasteiger partial charge in [0, 0.05) is 12.7 Å². The first-order valence-electron chi connectivity index (χ1n) is 5.91. The molecule has 3 nitrogen and oxygen atoms in total. The second-order valence-corrected chi connectivity index (χ2v) is 4.12. The average molecular weight is 230 g/mol. The first-order chi connectivity index (χ1) is 8.20. The second-order valence-electron chi connectivity index (χ2n) is 4.12. The minimum atomic E-state index is 0.526. The van der Waals surface area contributed by atoms with Gasteiger partial charge >= 0.3 is 0 Å². The van der Waals surface area contributed by atoms with Gasteiger partial charge in [0.15, 0.2) is 0 Å².